The van der Waals surface area contributed by atoms with E-state index >= 15 is 0 Å². The number of nitrogens with one attached hydrogen (secondary N) is 1. The molecule has 1 aliphatic rings. The monoisotopic (exact) mass is 307 g/mol. The van der Waals surface area contributed by atoms with E-state index in [-0.39, 0.29) is 5.75 Å². The molecule has 1 fully saturated rings. The van der Waals surface area contributed by atoms with Gasteiger partial charge in [0.15, 0.2) is 0 Å². The van der Waals surface area contributed by atoms with Gasteiger partial charge in [-0.25, -0.2) is 13.1 Å². The first-order valence-electron chi connectivity index (χ1n) is 7.14. The Hall–Kier alpha value is -1.42. The first kappa shape index (κ1) is 16.0. The molecule has 0 saturated carbocycles. The van der Waals surface area contributed by atoms with Crippen molar-refractivity contribution in [2.45, 2.75) is 18.6 Å². The maximum atomic E-state index is 12.2. The van der Waals surface area contributed by atoms with E-state index in [0.717, 1.165) is 25.9 Å². The molecule has 0 amide bonds. The molecule has 1 saturated heterocycles. The summed E-state index contributed by atoms with van der Waals surface area (Å²) in [5.41, 5.74) is 0.966. The van der Waals surface area contributed by atoms with Gasteiger partial charge in [0.2, 0.25) is 10.0 Å². The molecule has 6 heteroatoms. The average molecular weight is 307 g/mol. The molecular formula is C15H21N3O2S. The van der Waals surface area contributed by atoms with Gasteiger partial charge in [-0.15, -0.1) is 0 Å². The molecule has 0 radical (unpaired) electrons. The molecule has 5 nitrogen and oxygen atoms in total. The van der Waals surface area contributed by atoms with Gasteiger partial charge in [0, 0.05) is 13.1 Å². The molecule has 1 aliphatic heterocycles. The highest BCUT2D eigenvalue weighted by Gasteiger charge is 2.20. The van der Waals surface area contributed by atoms with Crippen molar-refractivity contribution in [3.8, 4) is 6.07 Å². The maximum Gasteiger partial charge on any atom is 0.215 e. The fourth-order valence-electron chi connectivity index (χ4n) is 2.70. The molecule has 2 rings (SSSR count). The number of sulfonamides is 1. The van der Waals surface area contributed by atoms with Gasteiger partial charge < -0.3 is 4.90 Å². The van der Waals surface area contributed by atoms with Crippen molar-refractivity contribution < 1.29 is 8.42 Å². The van der Waals surface area contributed by atoms with Crippen LogP contribution in [0.15, 0.2) is 24.3 Å². The normalized spacial score (nSPS) is 20.1. The lowest BCUT2D eigenvalue weighted by Crippen LogP contribution is -2.39. The number of nitriles is 1. The Morgan fingerprint density at radius 2 is 2.19 bits per heavy atom. The fraction of sp³-hybridized carbons (Fsp3) is 0.533. The molecule has 0 bridgehead atoms. The third-order valence-electron chi connectivity index (χ3n) is 3.80. The van der Waals surface area contributed by atoms with Crippen LogP contribution in [0.5, 0.6) is 0 Å². The Morgan fingerprint density at radius 3 is 2.90 bits per heavy atom. The van der Waals surface area contributed by atoms with E-state index in [1.807, 2.05) is 6.07 Å². The number of hydrogen-bond acceptors (Lipinski definition) is 4. The third-order valence-corrected chi connectivity index (χ3v) is 5.09. The number of likely N-dealkylation sites (tertiary alicyclic amines) is 1. The van der Waals surface area contributed by atoms with E-state index in [9.17, 15) is 8.42 Å². The second-order valence-electron chi connectivity index (χ2n) is 5.65. The van der Waals surface area contributed by atoms with Crippen LogP contribution >= 0.6 is 0 Å². The molecule has 0 aliphatic carbocycles. The first-order chi connectivity index (χ1) is 10.00. The molecule has 1 heterocycles. The van der Waals surface area contributed by atoms with Gasteiger partial charge in [-0.1, -0.05) is 18.2 Å². The van der Waals surface area contributed by atoms with Gasteiger partial charge in [0.1, 0.15) is 0 Å². The highest BCUT2D eigenvalue weighted by molar-refractivity contribution is 7.88. The number of benzene rings is 1. The van der Waals surface area contributed by atoms with Crippen molar-refractivity contribution >= 4 is 10.0 Å². The topological polar surface area (TPSA) is 73.2 Å². The average Bonchev–Trinajstić information content (AvgIpc) is 2.46. The zero-order chi connectivity index (χ0) is 15.3. The minimum Gasteiger partial charge on any atom is -0.306 e. The minimum absolute atomic E-state index is 0.140. The maximum absolute atomic E-state index is 12.2. The van der Waals surface area contributed by atoms with Gasteiger partial charge in [-0.05, 0) is 44.0 Å². The largest absolute Gasteiger partial charge is 0.306 e. The molecule has 114 valence electrons. The summed E-state index contributed by atoms with van der Waals surface area (Å²) in [7, 11) is -1.34. The van der Waals surface area contributed by atoms with Crippen molar-refractivity contribution in [2.24, 2.45) is 5.92 Å². The van der Waals surface area contributed by atoms with E-state index in [4.69, 9.17) is 5.26 Å². The van der Waals surface area contributed by atoms with Crippen LogP contribution < -0.4 is 4.72 Å². The van der Waals surface area contributed by atoms with Crippen LogP contribution in [0.2, 0.25) is 0 Å². The number of piperidine rings is 1. The fourth-order valence-corrected chi connectivity index (χ4v) is 3.95. The van der Waals surface area contributed by atoms with Crippen molar-refractivity contribution in [2.75, 3.05) is 26.7 Å². The third kappa shape index (κ3) is 4.81. The van der Waals surface area contributed by atoms with Gasteiger partial charge in [0.25, 0.3) is 0 Å². The van der Waals surface area contributed by atoms with Crippen molar-refractivity contribution in [3.05, 3.63) is 35.4 Å². The zero-order valence-electron chi connectivity index (χ0n) is 12.2. The van der Waals surface area contributed by atoms with Crippen LogP contribution in [0, 0.1) is 17.2 Å². The Labute approximate surface area is 126 Å². The Kier molecular flexibility index (Phi) is 5.34. The van der Waals surface area contributed by atoms with Crippen LogP contribution in [0.3, 0.4) is 0 Å². The summed E-state index contributed by atoms with van der Waals surface area (Å²) in [6.07, 6.45) is 2.17. The SMILES string of the molecule is CN1CCCC(CNS(=O)(=O)Cc2ccccc2C#N)C1. The van der Waals surface area contributed by atoms with Crippen LogP contribution in [-0.2, 0) is 15.8 Å². The van der Waals surface area contributed by atoms with E-state index in [1.54, 1.807) is 24.3 Å². The second-order valence-corrected chi connectivity index (χ2v) is 7.45. The summed E-state index contributed by atoms with van der Waals surface area (Å²) in [6, 6.07) is 8.84. The molecule has 1 aromatic carbocycles. The van der Waals surface area contributed by atoms with Gasteiger partial charge in [0.05, 0.1) is 17.4 Å². The molecule has 1 aromatic rings. The highest BCUT2D eigenvalue weighted by Crippen LogP contribution is 2.15. The quantitative estimate of drug-likeness (QED) is 0.890. The van der Waals surface area contributed by atoms with Gasteiger partial charge >= 0.3 is 0 Å². The predicted octanol–water partition coefficient (Wildman–Crippen LogP) is 1.32. The number of nitrogens with zero attached hydrogens (tertiary/aromatic N) is 2. The van der Waals surface area contributed by atoms with Crippen LogP contribution in [0.1, 0.15) is 24.0 Å². The Balaban J connectivity index is 1.94. The Morgan fingerprint density at radius 1 is 1.43 bits per heavy atom. The molecule has 21 heavy (non-hydrogen) atoms. The Bertz CT molecular complexity index is 622. The van der Waals surface area contributed by atoms with Crippen LogP contribution in [0.25, 0.3) is 0 Å². The highest BCUT2D eigenvalue weighted by atomic mass is 32.2. The zero-order valence-corrected chi connectivity index (χ0v) is 13.1. The van der Waals surface area contributed by atoms with E-state index in [0.29, 0.717) is 23.6 Å². The molecule has 1 N–H and O–H groups in total. The summed E-state index contributed by atoms with van der Waals surface area (Å²) in [5, 5.41) is 9.01. The number of hydrogen-bond donors (Lipinski definition) is 1. The van der Waals surface area contributed by atoms with Crippen molar-refractivity contribution in [1.29, 1.82) is 5.26 Å². The van der Waals surface area contributed by atoms with Crippen molar-refractivity contribution in [1.82, 2.24) is 9.62 Å². The van der Waals surface area contributed by atoms with Crippen LogP contribution in [0.4, 0.5) is 0 Å². The summed E-state index contributed by atoms with van der Waals surface area (Å²) >= 11 is 0. The molecule has 0 spiro atoms. The summed E-state index contributed by atoms with van der Waals surface area (Å²) in [4.78, 5) is 2.23. The molecular weight excluding hydrogens is 286 g/mol. The smallest absolute Gasteiger partial charge is 0.215 e. The van der Waals surface area contributed by atoms with Gasteiger partial charge in [-0.2, -0.15) is 5.26 Å². The summed E-state index contributed by atoms with van der Waals surface area (Å²) in [6.45, 7) is 2.48. The van der Waals surface area contributed by atoms with E-state index < -0.39 is 10.0 Å². The van der Waals surface area contributed by atoms with Crippen LogP contribution in [-0.4, -0.2) is 40.0 Å². The summed E-state index contributed by atoms with van der Waals surface area (Å²) < 4.78 is 27.0. The predicted molar refractivity (Wildman–Crippen MR) is 82.0 cm³/mol. The van der Waals surface area contributed by atoms with E-state index in [1.165, 1.54) is 0 Å². The second kappa shape index (κ2) is 7.03. The minimum atomic E-state index is -3.40. The molecule has 0 aromatic heterocycles. The lowest BCUT2D eigenvalue weighted by molar-refractivity contribution is 0.211. The number of rotatable bonds is 5. The van der Waals surface area contributed by atoms with Crippen molar-refractivity contribution in [3.63, 3.8) is 0 Å². The standard InChI is InChI=1S/C15H21N3O2S/c1-18-8-4-5-13(11-18)10-17-21(19,20)12-15-7-3-2-6-14(15)9-16/h2-3,6-7,13,17H,4-5,8,10-12H2,1H3. The molecule has 1 unspecified atom stereocenters. The first-order valence-corrected chi connectivity index (χ1v) is 8.79. The van der Waals surface area contributed by atoms with E-state index in [2.05, 4.69) is 16.7 Å². The summed E-state index contributed by atoms with van der Waals surface area (Å²) in [5.74, 6) is 0.226. The van der Waals surface area contributed by atoms with Gasteiger partial charge in [-0.3, -0.25) is 0 Å². The lowest BCUT2D eigenvalue weighted by atomic mass is 9.99. The molecule has 1 atom stereocenters. The lowest BCUT2D eigenvalue weighted by Gasteiger charge is -2.29.